The number of aliphatic hydroxyl groups excluding tert-OH is 1. The van der Waals surface area contributed by atoms with Crippen molar-refractivity contribution in [2.45, 2.75) is 38.3 Å². The maximum Gasteiger partial charge on any atom is 0.188 e. The number of aliphatic hydroxyl groups is 1. The molecule has 0 amide bonds. The van der Waals surface area contributed by atoms with Gasteiger partial charge in [0, 0.05) is 7.11 Å². The van der Waals surface area contributed by atoms with Gasteiger partial charge in [-0.25, -0.2) is 4.48 Å². The summed E-state index contributed by atoms with van der Waals surface area (Å²) in [5.41, 5.74) is 0. The van der Waals surface area contributed by atoms with E-state index >= 15 is 0 Å². The van der Waals surface area contributed by atoms with E-state index in [1.807, 2.05) is 6.92 Å². The van der Waals surface area contributed by atoms with Crippen molar-refractivity contribution in [1.82, 2.24) is 0 Å². The van der Waals surface area contributed by atoms with Crippen LogP contribution >= 0.6 is 0 Å². The summed E-state index contributed by atoms with van der Waals surface area (Å²) in [6, 6.07) is 0. The first-order valence-electron chi connectivity index (χ1n) is 9.13. The van der Waals surface area contributed by atoms with Crippen LogP contribution in [0.4, 0.5) is 0 Å². The maximum absolute atomic E-state index is 9.47. The molecule has 0 bridgehead atoms. The molecule has 9 heteroatoms. The monoisotopic (exact) mass is 380 g/mol. The SMILES string of the molecule is COC(C)COC[N+](COCC(C)O)(COCC1CO1)COCC1CO1. The molecule has 2 rings (SSSR count). The number of rotatable bonds is 17. The van der Waals surface area contributed by atoms with Crippen LogP contribution in [-0.4, -0.2) is 108 Å². The lowest BCUT2D eigenvalue weighted by molar-refractivity contribution is -0.993. The van der Waals surface area contributed by atoms with E-state index in [2.05, 4.69) is 0 Å². The Morgan fingerprint density at radius 1 is 0.885 bits per heavy atom. The molecule has 0 spiro atoms. The largest absolute Gasteiger partial charge is 0.391 e. The molecule has 0 aromatic carbocycles. The standard InChI is InChI=1S/C17H34NO8/c1-14(19)4-21-10-18(11-22-5-15(2)20-3,12-23-6-16-8-25-16)13-24-7-17-9-26-17/h14-17,19H,4-13H2,1-3H3/q+1. The summed E-state index contributed by atoms with van der Waals surface area (Å²) in [5.74, 6) is 0. The molecule has 1 N–H and O–H groups in total. The van der Waals surface area contributed by atoms with Gasteiger partial charge < -0.3 is 38.3 Å². The third-order valence-electron chi connectivity index (χ3n) is 3.99. The average Bonchev–Trinajstić information content (AvgIpc) is 3.49. The van der Waals surface area contributed by atoms with Crippen LogP contribution in [0.25, 0.3) is 0 Å². The molecule has 26 heavy (non-hydrogen) atoms. The summed E-state index contributed by atoms with van der Waals surface area (Å²) < 4.78 is 39.1. The Labute approximate surface area is 155 Å². The van der Waals surface area contributed by atoms with Crippen molar-refractivity contribution in [2.24, 2.45) is 0 Å². The predicted octanol–water partition coefficient (Wildman–Crippen LogP) is -0.0871. The zero-order chi connectivity index (χ0) is 18.8. The van der Waals surface area contributed by atoms with Crippen molar-refractivity contribution in [3.05, 3.63) is 0 Å². The third kappa shape index (κ3) is 9.54. The quantitative estimate of drug-likeness (QED) is 0.213. The fourth-order valence-corrected chi connectivity index (χ4v) is 2.21. The van der Waals surface area contributed by atoms with Crippen LogP contribution in [0.5, 0.6) is 0 Å². The molecular weight excluding hydrogens is 346 g/mol. The number of quaternary nitrogens is 1. The van der Waals surface area contributed by atoms with Crippen molar-refractivity contribution in [2.75, 3.05) is 73.7 Å². The molecule has 0 aromatic rings. The number of ether oxygens (including phenoxy) is 7. The lowest BCUT2D eigenvalue weighted by atomic mass is 10.4. The van der Waals surface area contributed by atoms with Crippen LogP contribution in [0.2, 0.25) is 0 Å². The van der Waals surface area contributed by atoms with Crippen LogP contribution in [0.1, 0.15) is 13.8 Å². The summed E-state index contributed by atoms with van der Waals surface area (Å²) in [6.07, 6.45) is -0.166. The molecule has 4 unspecified atom stereocenters. The van der Waals surface area contributed by atoms with E-state index in [9.17, 15) is 5.11 Å². The van der Waals surface area contributed by atoms with Gasteiger partial charge in [-0.1, -0.05) is 0 Å². The molecule has 0 saturated carbocycles. The zero-order valence-corrected chi connectivity index (χ0v) is 16.1. The van der Waals surface area contributed by atoms with Crippen molar-refractivity contribution in [1.29, 1.82) is 0 Å². The second kappa shape index (κ2) is 11.5. The predicted molar refractivity (Wildman–Crippen MR) is 91.2 cm³/mol. The van der Waals surface area contributed by atoms with Crippen molar-refractivity contribution < 1.29 is 42.7 Å². The van der Waals surface area contributed by atoms with Crippen LogP contribution in [0, 0.1) is 0 Å². The topological polar surface area (TPSA) is 91.4 Å². The molecule has 9 nitrogen and oxygen atoms in total. The minimum atomic E-state index is -0.534. The minimum absolute atomic E-state index is 0.00292. The van der Waals surface area contributed by atoms with Gasteiger partial charge in [0.1, 0.15) is 12.2 Å². The Morgan fingerprint density at radius 2 is 1.35 bits per heavy atom. The molecule has 2 saturated heterocycles. The highest BCUT2D eigenvalue weighted by Gasteiger charge is 2.33. The Bertz CT molecular complexity index is 344. The van der Waals surface area contributed by atoms with E-state index in [0.717, 1.165) is 13.2 Å². The molecule has 2 aliphatic heterocycles. The number of hydrogen-bond donors (Lipinski definition) is 1. The number of hydrogen-bond acceptors (Lipinski definition) is 8. The summed E-state index contributed by atoms with van der Waals surface area (Å²) in [7, 11) is 1.65. The van der Waals surface area contributed by atoms with Gasteiger partial charge in [-0.3, -0.25) is 0 Å². The molecular formula is C17H34NO8+. The Kier molecular flexibility index (Phi) is 9.68. The first kappa shape index (κ1) is 21.9. The fourth-order valence-electron chi connectivity index (χ4n) is 2.21. The summed E-state index contributed by atoms with van der Waals surface area (Å²) >= 11 is 0. The van der Waals surface area contributed by atoms with Crippen LogP contribution in [-0.2, 0) is 33.2 Å². The molecule has 0 radical (unpaired) electrons. The fraction of sp³-hybridized carbons (Fsp3) is 1.00. The lowest BCUT2D eigenvalue weighted by Crippen LogP contribution is -2.54. The van der Waals surface area contributed by atoms with Crippen molar-refractivity contribution in [3.8, 4) is 0 Å². The van der Waals surface area contributed by atoms with Gasteiger partial charge in [0.25, 0.3) is 0 Å². The van der Waals surface area contributed by atoms with Gasteiger partial charge in [-0.05, 0) is 13.8 Å². The molecule has 2 fully saturated rings. The van der Waals surface area contributed by atoms with Gasteiger partial charge in [0.2, 0.25) is 0 Å². The second-order valence-corrected chi connectivity index (χ2v) is 7.15. The van der Waals surface area contributed by atoms with E-state index in [4.69, 9.17) is 33.2 Å². The van der Waals surface area contributed by atoms with Crippen molar-refractivity contribution >= 4 is 0 Å². The minimum Gasteiger partial charge on any atom is -0.391 e. The van der Waals surface area contributed by atoms with Crippen LogP contribution < -0.4 is 0 Å². The van der Waals surface area contributed by atoms with Gasteiger partial charge in [0.05, 0.1) is 51.8 Å². The van der Waals surface area contributed by atoms with Gasteiger partial charge in [-0.2, -0.15) is 0 Å². The molecule has 0 aromatic heterocycles. The first-order chi connectivity index (χ1) is 12.5. The van der Waals surface area contributed by atoms with Gasteiger partial charge >= 0.3 is 0 Å². The normalized spacial score (nSPS) is 26.3. The summed E-state index contributed by atoms with van der Waals surface area (Å²) in [6.45, 7) is 8.30. The van der Waals surface area contributed by atoms with E-state index < -0.39 is 6.10 Å². The second-order valence-electron chi connectivity index (χ2n) is 7.15. The third-order valence-corrected chi connectivity index (χ3v) is 3.99. The van der Waals surface area contributed by atoms with Crippen molar-refractivity contribution in [3.63, 3.8) is 0 Å². The highest BCUT2D eigenvalue weighted by molar-refractivity contribution is 4.67. The zero-order valence-electron chi connectivity index (χ0n) is 16.1. The highest BCUT2D eigenvalue weighted by Crippen LogP contribution is 2.15. The highest BCUT2D eigenvalue weighted by atomic mass is 16.6. The van der Waals surface area contributed by atoms with E-state index in [1.165, 1.54) is 0 Å². The Morgan fingerprint density at radius 3 is 1.77 bits per heavy atom. The number of nitrogens with zero attached hydrogens (tertiary/aromatic N) is 1. The molecule has 154 valence electrons. The summed E-state index contributed by atoms with van der Waals surface area (Å²) in [4.78, 5) is 0. The number of methoxy groups -OCH3 is 1. The van der Waals surface area contributed by atoms with E-state index in [-0.39, 0.29) is 24.9 Å². The summed E-state index contributed by atoms with van der Waals surface area (Å²) in [5, 5.41) is 9.47. The first-order valence-corrected chi connectivity index (χ1v) is 9.13. The van der Waals surface area contributed by atoms with Crippen LogP contribution in [0.3, 0.4) is 0 Å². The van der Waals surface area contributed by atoms with Gasteiger partial charge in [-0.15, -0.1) is 0 Å². The average molecular weight is 380 g/mol. The lowest BCUT2D eigenvalue weighted by Gasteiger charge is -2.36. The van der Waals surface area contributed by atoms with Crippen LogP contribution in [0.15, 0.2) is 0 Å². The molecule has 4 atom stereocenters. The smallest absolute Gasteiger partial charge is 0.188 e. The van der Waals surface area contributed by atoms with Gasteiger partial charge in [0.15, 0.2) is 26.9 Å². The van der Waals surface area contributed by atoms with E-state index in [1.54, 1.807) is 14.0 Å². The Hall–Kier alpha value is -0.360. The molecule has 2 heterocycles. The van der Waals surface area contributed by atoms with E-state index in [0.29, 0.717) is 51.2 Å². The molecule has 0 aliphatic carbocycles. The number of epoxide rings is 2. The maximum atomic E-state index is 9.47. The molecule has 2 aliphatic rings. The Balaban J connectivity index is 1.86.